The molecule has 0 aliphatic carbocycles. The molecule has 18 heavy (non-hydrogen) atoms. The number of hydrogen-bond acceptors (Lipinski definition) is 6. The maximum Gasteiger partial charge on any atom is 0.186 e. The van der Waals surface area contributed by atoms with Crippen LogP contribution < -0.4 is 5.73 Å². The lowest BCUT2D eigenvalue weighted by Gasteiger charge is -2.08. The molecule has 90 valence electrons. The van der Waals surface area contributed by atoms with E-state index in [1.54, 1.807) is 11.8 Å². The summed E-state index contributed by atoms with van der Waals surface area (Å²) >= 11 is 1.58. The third-order valence-electron chi connectivity index (χ3n) is 2.58. The van der Waals surface area contributed by atoms with Gasteiger partial charge in [0, 0.05) is 5.75 Å². The van der Waals surface area contributed by atoms with E-state index in [1.807, 2.05) is 18.2 Å². The molecule has 2 aliphatic rings. The van der Waals surface area contributed by atoms with Crippen molar-refractivity contribution in [1.29, 1.82) is 0 Å². The summed E-state index contributed by atoms with van der Waals surface area (Å²) < 4.78 is 0. The SMILES string of the molecule is NC1=NC=NC2=NC(SCc3ccccc3)=NC12. The standard InChI is InChI=1S/C12H11N5S/c13-10-9-11(15-7-14-10)17-12(16-9)18-6-8-4-2-1-3-5-8/h1-5,7,9H,6H2,(H2,13,14,15,16,17). The molecule has 0 saturated heterocycles. The van der Waals surface area contributed by atoms with Gasteiger partial charge in [-0.3, -0.25) is 0 Å². The first-order valence-electron chi connectivity index (χ1n) is 5.52. The summed E-state index contributed by atoms with van der Waals surface area (Å²) in [6, 6.07) is 9.92. The first kappa shape index (κ1) is 11.2. The molecule has 1 atom stereocenters. The summed E-state index contributed by atoms with van der Waals surface area (Å²) in [5, 5.41) is 0.719. The second kappa shape index (κ2) is 4.73. The van der Waals surface area contributed by atoms with E-state index < -0.39 is 0 Å². The van der Waals surface area contributed by atoms with Crippen LogP contribution in [0.5, 0.6) is 0 Å². The highest BCUT2D eigenvalue weighted by Gasteiger charge is 2.27. The van der Waals surface area contributed by atoms with E-state index in [0.29, 0.717) is 11.7 Å². The number of amidine groups is 3. The second-order valence-electron chi connectivity index (χ2n) is 3.86. The first-order chi connectivity index (χ1) is 8.83. The minimum Gasteiger partial charge on any atom is -0.385 e. The van der Waals surface area contributed by atoms with Crippen molar-refractivity contribution >= 4 is 34.9 Å². The highest BCUT2D eigenvalue weighted by Crippen LogP contribution is 2.21. The van der Waals surface area contributed by atoms with Gasteiger partial charge < -0.3 is 5.73 Å². The van der Waals surface area contributed by atoms with Gasteiger partial charge in [-0.05, 0) is 5.56 Å². The van der Waals surface area contributed by atoms with Gasteiger partial charge in [-0.2, -0.15) is 0 Å². The Labute approximate surface area is 109 Å². The Balaban J connectivity index is 1.69. The van der Waals surface area contributed by atoms with Gasteiger partial charge in [-0.15, -0.1) is 0 Å². The lowest BCUT2D eigenvalue weighted by atomic mass is 10.2. The Kier molecular flexibility index (Phi) is 2.93. The third-order valence-corrected chi connectivity index (χ3v) is 3.51. The fraction of sp³-hybridized carbons (Fsp3) is 0.167. The Morgan fingerprint density at radius 3 is 2.83 bits per heavy atom. The quantitative estimate of drug-likeness (QED) is 0.870. The zero-order chi connectivity index (χ0) is 12.4. The summed E-state index contributed by atoms with van der Waals surface area (Å²) in [6.45, 7) is 0. The minimum absolute atomic E-state index is 0.284. The van der Waals surface area contributed by atoms with Crippen molar-refractivity contribution in [2.45, 2.75) is 11.8 Å². The predicted molar refractivity (Wildman–Crippen MR) is 76.5 cm³/mol. The van der Waals surface area contributed by atoms with E-state index in [2.05, 4.69) is 32.1 Å². The maximum absolute atomic E-state index is 5.75. The Morgan fingerprint density at radius 2 is 2.06 bits per heavy atom. The number of aliphatic imine (C=N–C) groups is 4. The van der Waals surface area contributed by atoms with Gasteiger partial charge in [0.05, 0.1) is 0 Å². The van der Waals surface area contributed by atoms with Gasteiger partial charge in [0.15, 0.2) is 17.0 Å². The van der Waals surface area contributed by atoms with Gasteiger partial charge in [-0.25, -0.2) is 20.0 Å². The zero-order valence-electron chi connectivity index (χ0n) is 9.52. The van der Waals surface area contributed by atoms with Gasteiger partial charge >= 0.3 is 0 Å². The van der Waals surface area contributed by atoms with Crippen LogP contribution >= 0.6 is 11.8 Å². The summed E-state index contributed by atoms with van der Waals surface area (Å²) in [5.41, 5.74) is 6.99. The number of hydrogen-bond donors (Lipinski definition) is 1. The van der Waals surface area contributed by atoms with Crippen LogP contribution in [0.15, 0.2) is 50.3 Å². The van der Waals surface area contributed by atoms with E-state index in [9.17, 15) is 0 Å². The van der Waals surface area contributed by atoms with Crippen molar-refractivity contribution in [3.8, 4) is 0 Å². The molecule has 2 N–H and O–H groups in total. The molecule has 0 fully saturated rings. The number of thioether (sulfide) groups is 1. The molecule has 0 amide bonds. The number of fused-ring (bicyclic) bond motifs is 1. The lowest BCUT2D eigenvalue weighted by molar-refractivity contribution is 1.12. The highest BCUT2D eigenvalue weighted by atomic mass is 32.2. The first-order valence-corrected chi connectivity index (χ1v) is 6.50. The number of nitrogens with two attached hydrogens (primary N) is 1. The number of benzene rings is 1. The molecule has 5 nitrogen and oxygen atoms in total. The molecular weight excluding hydrogens is 246 g/mol. The normalized spacial score (nSPS) is 21.1. The van der Waals surface area contributed by atoms with E-state index in [-0.39, 0.29) is 6.04 Å². The molecular formula is C12H11N5S. The predicted octanol–water partition coefficient (Wildman–Crippen LogP) is 1.46. The van der Waals surface area contributed by atoms with Gasteiger partial charge in [0.25, 0.3) is 0 Å². The number of rotatable bonds is 2. The summed E-state index contributed by atoms with van der Waals surface area (Å²) in [4.78, 5) is 16.8. The van der Waals surface area contributed by atoms with Crippen LogP contribution in [0, 0.1) is 0 Å². The zero-order valence-corrected chi connectivity index (χ0v) is 10.3. The summed E-state index contributed by atoms with van der Waals surface area (Å²) in [5.74, 6) is 1.93. The molecule has 1 aromatic rings. The molecule has 6 heteroatoms. The average molecular weight is 257 g/mol. The summed E-state index contributed by atoms with van der Waals surface area (Å²) in [7, 11) is 0. The molecule has 3 rings (SSSR count). The molecule has 1 aromatic carbocycles. The van der Waals surface area contributed by atoms with Crippen molar-refractivity contribution in [2.75, 3.05) is 0 Å². The van der Waals surface area contributed by atoms with Crippen LogP contribution in [0.3, 0.4) is 0 Å². The van der Waals surface area contributed by atoms with Crippen molar-refractivity contribution in [2.24, 2.45) is 25.7 Å². The van der Waals surface area contributed by atoms with Crippen LogP contribution in [0.2, 0.25) is 0 Å². The molecule has 0 saturated carbocycles. The fourth-order valence-electron chi connectivity index (χ4n) is 1.67. The monoisotopic (exact) mass is 257 g/mol. The van der Waals surface area contributed by atoms with Crippen LogP contribution in [-0.4, -0.2) is 29.2 Å². The molecule has 0 aromatic heterocycles. The molecule has 2 aliphatic heterocycles. The number of nitrogens with zero attached hydrogens (tertiary/aromatic N) is 4. The smallest absolute Gasteiger partial charge is 0.186 e. The van der Waals surface area contributed by atoms with Crippen molar-refractivity contribution in [3.63, 3.8) is 0 Å². The van der Waals surface area contributed by atoms with E-state index in [1.165, 1.54) is 11.9 Å². The Hall–Kier alpha value is -1.95. The minimum atomic E-state index is -0.284. The van der Waals surface area contributed by atoms with Crippen molar-refractivity contribution < 1.29 is 0 Å². The van der Waals surface area contributed by atoms with Gasteiger partial charge in [-0.1, -0.05) is 42.1 Å². The molecule has 1 unspecified atom stereocenters. The summed E-state index contributed by atoms with van der Waals surface area (Å²) in [6.07, 6.45) is 1.42. The van der Waals surface area contributed by atoms with Crippen LogP contribution in [0.25, 0.3) is 0 Å². The van der Waals surface area contributed by atoms with Crippen LogP contribution in [0.1, 0.15) is 5.56 Å². The average Bonchev–Trinajstić information content (AvgIpc) is 2.82. The molecule has 0 spiro atoms. The highest BCUT2D eigenvalue weighted by molar-refractivity contribution is 8.13. The van der Waals surface area contributed by atoms with E-state index >= 15 is 0 Å². The van der Waals surface area contributed by atoms with Crippen LogP contribution in [-0.2, 0) is 5.75 Å². The van der Waals surface area contributed by atoms with E-state index in [0.717, 1.165) is 10.9 Å². The maximum atomic E-state index is 5.75. The van der Waals surface area contributed by atoms with Gasteiger partial charge in [0.1, 0.15) is 12.2 Å². The van der Waals surface area contributed by atoms with Crippen molar-refractivity contribution in [3.05, 3.63) is 35.9 Å². The molecule has 0 radical (unpaired) electrons. The van der Waals surface area contributed by atoms with Gasteiger partial charge in [0.2, 0.25) is 0 Å². The Bertz CT molecular complexity index is 573. The fourth-order valence-corrected chi connectivity index (χ4v) is 2.50. The molecule has 2 heterocycles. The van der Waals surface area contributed by atoms with E-state index in [4.69, 9.17) is 5.73 Å². The largest absolute Gasteiger partial charge is 0.385 e. The van der Waals surface area contributed by atoms with Crippen molar-refractivity contribution in [1.82, 2.24) is 0 Å². The lowest BCUT2D eigenvalue weighted by Crippen LogP contribution is -2.34. The second-order valence-corrected chi connectivity index (χ2v) is 4.80. The third kappa shape index (κ3) is 2.19. The molecule has 0 bridgehead atoms. The topological polar surface area (TPSA) is 75.5 Å². The van der Waals surface area contributed by atoms with Crippen LogP contribution in [0.4, 0.5) is 0 Å². The Morgan fingerprint density at radius 1 is 1.22 bits per heavy atom.